The fourth-order valence-electron chi connectivity index (χ4n) is 2.79. The summed E-state index contributed by atoms with van der Waals surface area (Å²) in [5.41, 5.74) is 1.86. The Balaban J connectivity index is 1.46. The molecule has 1 N–H and O–H groups in total. The third-order valence-corrected chi connectivity index (χ3v) is 4.14. The molecule has 2 aromatic carbocycles. The molecule has 0 atom stereocenters. The molecule has 0 unspecified atom stereocenters. The third-order valence-electron chi connectivity index (χ3n) is 4.14. The molecule has 0 aliphatic heterocycles. The molecule has 0 saturated heterocycles. The van der Waals surface area contributed by atoms with E-state index in [1.807, 2.05) is 24.3 Å². The highest BCUT2D eigenvalue weighted by atomic mass is 19.1. The molecule has 6 heteroatoms. The number of halogens is 1. The van der Waals surface area contributed by atoms with Gasteiger partial charge in [-0.1, -0.05) is 24.3 Å². The number of nitrogens with one attached hydrogen (secondary N) is 1. The quantitative estimate of drug-likeness (QED) is 0.479. The lowest BCUT2D eigenvalue weighted by atomic mass is 10.2. The van der Waals surface area contributed by atoms with Crippen molar-refractivity contribution in [3.05, 3.63) is 96.7 Å². The molecule has 2 heterocycles. The van der Waals surface area contributed by atoms with Gasteiger partial charge in [0.25, 0.3) is 0 Å². The Morgan fingerprint density at radius 2 is 1.90 bits per heavy atom. The van der Waals surface area contributed by atoms with Crippen molar-refractivity contribution in [3.63, 3.8) is 0 Å². The van der Waals surface area contributed by atoms with Crippen LogP contribution in [0.15, 0.2) is 85.3 Å². The number of carbonyl (C=O) groups is 1. The molecule has 142 valence electrons. The first kappa shape index (κ1) is 18.3. The molecule has 4 rings (SSSR count). The number of nitrogens with zero attached hydrogens (tertiary/aromatic N) is 2. The van der Waals surface area contributed by atoms with Crippen molar-refractivity contribution in [1.82, 2.24) is 9.97 Å². The SMILES string of the molecule is O=C(/C=C/c1ccc(Oc2cccnc2)c(F)c1)Nc1cccc2cccnc12. The first-order valence-electron chi connectivity index (χ1n) is 8.89. The number of hydrogen-bond acceptors (Lipinski definition) is 4. The van der Waals surface area contributed by atoms with Gasteiger partial charge in [0.05, 0.1) is 17.4 Å². The number of benzene rings is 2. The minimum atomic E-state index is -0.533. The number of pyridine rings is 2. The van der Waals surface area contributed by atoms with Gasteiger partial charge in [-0.05, 0) is 48.0 Å². The highest BCUT2D eigenvalue weighted by molar-refractivity contribution is 6.06. The second-order valence-electron chi connectivity index (χ2n) is 6.18. The van der Waals surface area contributed by atoms with E-state index in [1.54, 1.807) is 36.7 Å². The van der Waals surface area contributed by atoms with Crippen molar-refractivity contribution in [1.29, 1.82) is 0 Å². The Labute approximate surface area is 166 Å². The van der Waals surface area contributed by atoms with Gasteiger partial charge in [-0.3, -0.25) is 14.8 Å². The van der Waals surface area contributed by atoms with Crippen LogP contribution in [0.25, 0.3) is 17.0 Å². The van der Waals surface area contributed by atoms with Crippen LogP contribution in [0.1, 0.15) is 5.56 Å². The summed E-state index contributed by atoms with van der Waals surface area (Å²) in [4.78, 5) is 20.5. The van der Waals surface area contributed by atoms with Crippen LogP contribution in [0.4, 0.5) is 10.1 Å². The number of amides is 1. The van der Waals surface area contributed by atoms with Gasteiger partial charge in [-0.2, -0.15) is 0 Å². The lowest BCUT2D eigenvalue weighted by Gasteiger charge is -2.07. The van der Waals surface area contributed by atoms with Gasteiger partial charge >= 0.3 is 0 Å². The second kappa shape index (κ2) is 8.31. The summed E-state index contributed by atoms with van der Waals surface area (Å²) in [6.07, 6.45) is 7.66. The number of hydrogen-bond donors (Lipinski definition) is 1. The molecule has 0 aliphatic carbocycles. The fraction of sp³-hybridized carbons (Fsp3) is 0. The number of anilines is 1. The van der Waals surface area contributed by atoms with Gasteiger partial charge in [0.1, 0.15) is 5.75 Å². The van der Waals surface area contributed by atoms with Crippen LogP contribution in [0.5, 0.6) is 11.5 Å². The zero-order chi connectivity index (χ0) is 20.1. The molecule has 0 aliphatic rings. The molecule has 1 amide bonds. The van der Waals surface area contributed by atoms with Crippen molar-refractivity contribution in [2.24, 2.45) is 0 Å². The van der Waals surface area contributed by atoms with Crippen LogP contribution >= 0.6 is 0 Å². The summed E-state index contributed by atoms with van der Waals surface area (Å²) in [5, 5.41) is 3.73. The highest BCUT2D eigenvalue weighted by Crippen LogP contribution is 2.25. The van der Waals surface area contributed by atoms with E-state index in [0.29, 0.717) is 22.5 Å². The Bertz CT molecular complexity index is 1190. The Kier molecular flexibility index (Phi) is 5.25. The van der Waals surface area contributed by atoms with Gasteiger partial charge < -0.3 is 10.1 Å². The lowest BCUT2D eigenvalue weighted by molar-refractivity contribution is -0.111. The zero-order valence-electron chi connectivity index (χ0n) is 15.2. The standard InChI is InChI=1S/C23H16FN3O2/c24-19-14-16(8-10-21(19)29-18-6-3-12-25-15-18)9-11-22(28)27-20-7-1-4-17-5-2-13-26-23(17)20/h1-15H,(H,27,28)/b11-9+. The van der Waals surface area contributed by atoms with Crippen molar-refractivity contribution in [2.75, 3.05) is 5.32 Å². The van der Waals surface area contributed by atoms with Crippen molar-refractivity contribution in [2.45, 2.75) is 0 Å². The van der Waals surface area contributed by atoms with Crippen LogP contribution in [-0.2, 0) is 4.79 Å². The molecule has 0 bridgehead atoms. The number of aromatic nitrogens is 2. The molecule has 0 fully saturated rings. The normalized spacial score (nSPS) is 10.9. The van der Waals surface area contributed by atoms with Crippen LogP contribution in [0.3, 0.4) is 0 Å². The summed E-state index contributed by atoms with van der Waals surface area (Å²) >= 11 is 0. The maximum atomic E-state index is 14.3. The molecule has 4 aromatic rings. The Morgan fingerprint density at radius 1 is 1.03 bits per heavy atom. The summed E-state index contributed by atoms with van der Waals surface area (Å²) in [6.45, 7) is 0. The maximum Gasteiger partial charge on any atom is 0.248 e. The van der Waals surface area contributed by atoms with E-state index in [9.17, 15) is 9.18 Å². The molecule has 5 nitrogen and oxygen atoms in total. The molecule has 0 radical (unpaired) electrons. The van der Waals surface area contributed by atoms with Crippen molar-refractivity contribution >= 4 is 28.6 Å². The maximum absolute atomic E-state index is 14.3. The average molecular weight is 385 g/mol. The number of fused-ring (bicyclic) bond motifs is 1. The second-order valence-corrected chi connectivity index (χ2v) is 6.18. The van der Waals surface area contributed by atoms with E-state index in [-0.39, 0.29) is 11.7 Å². The van der Waals surface area contributed by atoms with Gasteiger partial charge in [0.2, 0.25) is 5.91 Å². The predicted molar refractivity (Wildman–Crippen MR) is 110 cm³/mol. The van der Waals surface area contributed by atoms with E-state index < -0.39 is 5.82 Å². The molecule has 0 saturated carbocycles. The van der Waals surface area contributed by atoms with Crippen LogP contribution < -0.4 is 10.1 Å². The topological polar surface area (TPSA) is 64.1 Å². The predicted octanol–water partition coefficient (Wildman–Crippen LogP) is 5.21. The third kappa shape index (κ3) is 4.44. The molecule has 2 aromatic heterocycles. The Hall–Kier alpha value is -4.06. The monoisotopic (exact) mass is 385 g/mol. The smallest absolute Gasteiger partial charge is 0.248 e. The average Bonchev–Trinajstić information content (AvgIpc) is 2.75. The first-order chi connectivity index (χ1) is 14.2. The van der Waals surface area contributed by atoms with Gasteiger partial charge in [-0.25, -0.2) is 4.39 Å². The van der Waals surface area contributed by atoms with E-state index in [1.165, 1.54) is 30.5 Å². The van der Waals surface area contributed by atoms with E-state index in [2.05, 4.69) is 15.3 Å². The summed E-state index contributed by atoms with van der Waals surface area (Å²) in [7, 11) is 0. The minimum Gasteiger partial charge on any atom is -0.453 e. The largest absolute Gasteiger partial charge is 0.453 e. The summed E-state index contributed by atoms with van der Waals surface area (Å²) in [5.74, 6) is -0.340. The van der Waals surface area contributed by atoms with Gasteiger partial charge in [-0.15, -0.1) is 0 Å². The fourth-order valence-corrected chi connectivity index (χ4v) is 2.79. The van der Waals surface area contributed by atoms with Crippen LogP contribution in [-0.4, -0.2) is 15.9 Å². The van der Waals surface area contributed by atoms with Crippen molar-refractivity contribution in [3.8, 4) is 11.5 Å². The zero-order valence-corrected chi connectivity index (χ0v) is 15.2. The first-order valence-corrected chi connectivity index (χ1v) is 8.89. The number of para-hydroxylation sites is 1. The van der Waals surface area contributed by atoms with Gasteiger partial charge in [0.15, 0.2) is 11.6 Å². The molecular weight excluding hydrogens is 369 g/mol. The molecule has 29 heavy (non-hydrogen) atoms. The number of ether oxygens (including phenoxy) is 1. The lowest BCUT2D eigenvalue weighted by Crippen LogP contribution is -2.08. The van der Waals surface area contributed by atoms with Crippen LogP contribution in [0.2, 0.25) is 0 Å². The van der Waals surface area contributed by atoms with Crippen LogP contribution in [0, 0.1) is 5.82 Å². The van der Waals surface area contributed by atoms with E-state index >= 15 is 0 Å². The highest BCUT2D eigenvalue weighted by Gasteiger charge is 2.07. The minimum absolute atomic E-state index is 0.0847. The number of rotatable bonds is 5. The van der Waals surface area contributed by atoms with E-state index in [0.717, 1.165) is 5.39 Å². The Morgan fingerprint density at radius 3 is 2.72 bits per heavy atom. The number of carbonyl (C=O) groups excluding carboxylic acids is 1. The van der Waals surface area contributed by atoms with Gasteiger partial charge in [0, 0.05) is 23.9 Å². The summed E-state index contributed by atoms with van der Waals surface area (Å²) < 4.78 is 19.8. The molecule has 0 spiro atoms. The summed E-state index contributed by atoms with van der Waals surface area (Å²) in [6, 6.07) is 17.2. The van der Waals surface area contributed by atoms with E-state index in [4.69, 9.17) is 4.74 Å². The van der Waals surface area contributed by atoms with Crippen molar-refractivity contribution < 1.29 is 13.9 Å². The molecular formula is C23H16FN3O2.